The van der Waals surface area contributed by atoms with E-state index in [1.54, 1.807) is 0 Å². The highest BCUT2D eigenvalue weighted by molar-refractivity contribution is 5.76. The minimum atomic E-state index is -0.659. The molecule has 0 aromatic carbocycles. The van der Waals surface area contributed by atoms with Crippen molar-refractivity contribution in [2.24, 2.45) is 0 Å². The van der Waals surface area contributed by atoms with Crippen molar-refractivity contribution >= 4 is 5.91 Å². The van der Waals surface area contributed by atoms with Crippen molar-refractivity contribution in [3.63, 3.8) is 0 Å². The Morgan fingerprint density at radius 2 is 0.623 bits per heavy atom. The Bertz CT molecular complexity index is 844. The molecule has 0 aromatic heterocycles. The maximum atomic E-state index is 12.5. The van der Waals surface area contributed by atoms with Gasteiger partial charge in [0.05, 0.1) is 18.8 Å². The second-order valence-corrected chi connectivity index (χ2v) is 19.7. The van der Waals surface area contributed by atoms with Crippen LogP contribution >= 0.6 is 0 Å². The average molecular weight is 861 g/mol. The molecule has 0 rings (SSSR count). The molecule has 61 heavy (non-hydrogen) atoms. The fraction of sp³-hybridized carbons (Fsp3) is 0.947. The maximum Gasteiger partial charge on any atom is 0.220 e. The van der Waals surface area contributed by atoms with Gasteiger partial charge in [-0.25, -0.2) is 0 Å². The SMILES string of the molecule is CCCCCCCCCCCCCC/C=C\CCCCCCCCCCCC(=O)NC(CO)C(O)CCCCCCCCCCCCCCCCCCCCCCCCCC. The van der Waals surface area contributed by atoms with Gasteiger partial charge in [0, 0.05) is 6.42 Å². The first-order valence-corrected chi connectivity index (χ1v) is 28.4. The summed E-state index contributed by atoms with van der Waals surface area (Å²) in [6.07, 6.45) is 69.2. The van der Waals surface area contributed by atoms with Gasteiger partial charge in [0.25, 0.3) is 0 Å². The summed E-state index contributed by atoms with van der Waals surface area (Å²) in [7, 11) is 0. The largest absolute Gasteiger partial charge is 0.394 e. The second kappa shape index (κ2) is 53.5. The van der Waals surface area contributed by atoms with Gasteiger partial charge in [-0.05, 0) is 38.5 Å². The first kappa shape index (κ1) is 60.1. The molecule has 0 bridgehead atoms. The van der Waals surface area contributed by atoms with E-state index in [1.807, 2.05) is 0 Å². The van der Waals surface area contributed by atoms with Crippen LogP contribution in [0.3, 0.4) is 0 Å². The molecule has 0 aliphatic rings. The van der Waals surface area contributed by atoms with Crippen LogP contribution in [0.15, 0.2) is 12.2 Å². The van der Waals surface area contributed by atoms with Gasteiger partial charge in [-0.3, -0.25) is 4.79 Å². The van der Waals surface area contributed by atoms with E-state index in [9.17, 15) is 15.0 Å². The number of carbonyl (C=O) groups is 1. The summed E-state index contributed by atoms with van der Waals surface area (Å²) in [6.45, 7) is 4.40. The van der Waals surface area contributed by atoms with Crippen LogP contribution in [0, 0.1) is 0 Å². The Morgan fingerprint density at radius 3 is 0.902 bits per heavy atom. The predicted octanol–water partition coefficient (Wildman–Crippen LogP) is 18.5. The quantitative estimate of drug-likeness (QED) is 0.0421. The van der Waals surface area contributed by atoms with Gasteiger partial charge in [0.1, 0.15) is 0 Å². The van der Waals surface area contributed by atoms with Gasteiger partial charge in [0.15, 0.2) is 0 Å². The van der Waals surface area contributed by atoms with Crippen molar-refractivity contribution in [3.8, 4) is 0 Å². The lowest BCUT2D eigenvalue weighted by atomic mass is 10.0. The molecule has 0 aliphatic heterocycles. The number of nitrogens with one attached hydrogen (secondary N) is 1. The van der Waals surface area contributed by atoms with Crippen molar-refractivity contribution < 1.29 is 15.0 Å². The zero-order valence-corrected chi connectivity index (χ0v) is 42.0. The molecule has 2 atom stereocenters. The van der Waals surface area contributed by atoms with Gasteiger partial charge in [-0.2, -0.15) is 0 Å². The molecule has 0 radical (unpaired) electrons. The molecule has 364 valence electrons. The van der Waals surface area contributed by atoms with Crippen molar-refractivity contribution in [1.82, 2.24) is 5.32 Å². The zero-order valence-electron chi connectivity index (χ0n) is 42.0. The Labute approximate surface area is 384 Å². The Balaban J connectivity index is 3.43. The summed E-state index contributed by atoms with van der Waals surface area (Å²) >= 11 is 0. The van der Waals surface area contributed by atoms with Crippen molar-refractivity contribution in [2.75, 3.05) is 6.61 Å². The van der Waals surface area contributed by atoms with Crippen molar-refractivity contribution in [1.29, 1.82) is 0 Å². The topological polar surface area (TPSA) is 69.6 Å². The summed E-state index contributed by atoms with van der Waals surface area (Å²) in [6, 6.07) is -0.535. The fourth-order valence-corrected chi connectivity index (χ4v) is 9.18. The van der Waals surface area contributed by atoms with Gasteiger partial charge >= 0.3 is 0 Å². The second-order valence-electron chi connectivity index (χ2n) is 19.7. The number of unbranched alkanes of at least 4 members (excludes halogenated alkanes) is 44. The Hall–Kier alpha value is -0.870. The summed E-state index contributed by atoms with van der Waals surface area (Å²) < 4.78 is 0. The third-order valence-corrected chi connectivity index (χ3v) is 13.5. The number of carbonyl (C=O) groups excluding carboxylic acids is 1. The Kier molecular flexibility index (Phi) is 52.7. The van der Waals surface area contributed by atoms with Crippen LogP contribution in [0.5, 0.6) is 0 Å². The van der Waals surface area contributed by atoms with Crippen LogP contribution in [0.1, 0.15) is 328 Å². The molecule has 2 unspecified atom stereocenters. The molecule has 1 amide bonds. The minimum Gasteiger partial charge on any atom is -0.394 e. The molecule has 0 fully saturated rings. The van der Waals surface area contributed by atoms with E-state index in [0.717, 1.165) is 25.7 Å². The van der Waals surface area contributed by atoms with Crippen LogP contribution in [0.2, 0.25) is 0 Å². The third-order valence-electron chi connectivity index (χ3n) is 13.5. The molecule has 4 nitrogen and oxygen atoms in total. The highest BCUT2D eigenvalue weighted by Crippen LogP contribution is 2.18. The summed E-state index contributed by atoms with van der Waals surface area (Å²) in [5.74, 6) is -0.0270. The lowest BCUT2D eigenvalue weighted by Gasteiger charge is -2.22. The van der Waals surface area contributed by atoms with E-state index in [1.165, 1.54) is 276 Å². The van der Waals surface area contributed by atoms with Crippen molar-refractivity contribution in [3.05, 3.63) is 12.2 Å². The van der Waals surface area contributed by atoms with Crippen LogP contribution < -0.4 is 5.32 Å². The van der Waals surface area contributed by atoms with E-state index in [-0.39, 0.29) is 12.5 Å². The smallest absolute Gasteiger partial charge is 0.220 e. The molecule has 0 aliphatic carbocycles. The normalized spacial score (nSPS) is 12.8. The number of aliphatic hydroxyl groups excluding tert-OH is 2. The summed E-state index contributed by atoms with van der Waals surface area (Å²) in [4.78, 5) is 12.5. The van der Waals surface area contributed by atoms with Crippen molar-refractivity contribution in [2.45, 2.75) is 341 Å². The highest BCUT2D eigenvalue weighted by Gasteiger charge is 2.20. The van der Waals surface area contributed by atoms with E-state index >= 15 is 0 Å². The predicted molar refractivity (Wildman–Crippen MR) is 272 cm³/mol. The molecule has 0 aromatic rings. The molecule has 4 heteroatoms. The fourth-order valence-electron chi connectivity index (χ4n) is 9.18. The highest BCUT2D eigenvalue weighted by atomic mass is 16.3. The number of hydrogen-bond acceptors (Lipinski definition) is 3. The maximum absolute atomic E-state index is 12.5. The molecular weight excluding hydrogens is 747 g/mol. The van der Waals surface area contributed by atoms with E-state index in [0.29, 0.717) is 12.8 Å². The number of amides is 1. The number of hydrogen-bond donors (Lipinski definition) is 3. The summed E-state index contributed by atoms with van der Waals surface area (Å²) in [5, 5.41) is 23.4. The summed E-state index contributed by atoms with van der Waals surface area (Å²) in [5.41, 5.74) is 0. The van der Waals surface area contributed by atoms with E-state index < -0.39 is 12.1 Å². The van der Waals surface area contributed by atoms with Gasteiger partial charge in [-0.15, -0.1) is 0 Å². The molecule has 0 heterocycles. The lowest BCUT2D eigenvalue weighted by molar-refractivity contribution is -0.123. The number of aliphatic hydroxyl groups is 2. The Morgan fingerprint density at radius 1 is 0.377 bits per heavy atom. The van der Waals surface area contributed by atoms with E-state index in [4.69, 9.17) is 0 Å². The average Bonchev–Trinajstić information content (AvgIpc) is 3.26. The minimum absolute atomic E-state index is 0.0270. The first-order chi connectivity index (χ1) is 30.2. The van der Waals surface area contributed by atoms with Crippen LogP contribution in [0.25, 0.3) is 0 Å². The first-order valence-electron chi connectivity index (χ1n) is 28.4. The third kappa shape index (κ3) is 50.0. The van der Waals surface area contributed by atoms with Gasteiger partial charge in [-0.1, -0.05) is 296 Å². The number of allylic oxidation sites excluding steroid dienone is 2. The zero-order chi connectivity index (χ0) is 44.2. The monoisotopic (exact) mass is 860 g/mol. The molecular formula is C57H113NO3. The van der Waals surface area contributed by atoms with Gasteiger partial charge in [0.2, 0.25) is 5.91 Å². The standard InChI is InChI=1S/C57H113NO3/c1-3-5-7-9-11-13-15-17-19-21-23-25-27-29-31-33-35-37-39-41-43-45-47-49-51-53-57(61)58-55(54-59)56(60)52-50-48-46-44-42-40-38-36-34-32-30-28-26-24-22-20-18-16-14-12-10-8-6-4-2/h29,31,55-56,59-60H,3-28,30,32-54H2,1-2H3,(H,58,61)/b31-29-. The van der Waals surface area contributed by atoms with Crippen LogP contribution in [-0.4, -0.2) is 34.9 Å². The lowest BCUT2D eigenvalue weighted by Crippen LogP contribution is -2.45. The molecule has 0 spiro atoms. The van der Waals surface area contributed by atoms with Gasteiger partial charge < -0.3 is 15.5 Å². The van der Waals surface area contributed by atoms with E-state index in [2.05, 4.69) is 31.3 Å². The van der Waals surface area contributed by atoms with Crippen LogP contribution in [0.4, 0.5) is 0 Å². The molecule has 0 saturated heterocycles. The molecule has 3 N–H and O–H groups in total. The van der Waals surface area contributed by atoms with Crippen LogP contribution in [-0.2, 0) is 4.79 Å². The molecule has 0 saturated carbocycles. The number of rotatable bonds is 53.